The van der Waals surface area contributed by atoms with Gasteiger partial charge in [-0.1, -0.05) is 42.5 Å². The van der Waals surface area contributed by atoms with E-state index in [9.17, 15) is 9.90 Å². The number of likely N-dealkylation sites (N-methyl/N-ethyl adjacent to an activating group) is 1. The number of hydrogen-bond acceptors (Lipinski definition) is 3. The summed E-state index contributed by atoms with van der Waals surface area (Å²) in [5.74, 6) is 1.16. The minimum absolute atomic E-state index is 0.0845. The van der Waals surface area contributed by atoms with E-state index in [1.54, 1.807) is 19.1 Å². The third-order valence-corrected chi connectivity index (χ3v) is 4.84. The topological polar surface area (TPSA) is 49.8 Å². The fraction of sp³-hybridized carbons (Fsp3) is 0.381. The van der Waals surface area contributed by atoms with Gasteiger partial charge in [0, 0.05) is 7.05 Å². The van der Waals surface area contributed by atoms with Crippen molar-refractivity contribution in [2.75, 3.05) is 20.7 Å². The van der Waals surface area contributed by atoms with Crippen LogP contribution in [0, 0.1) is 5.92 Å². The van der Waals surface area contributed by atoms with Crippen LogP contribution in [-0.2, 0) is 4.79 Å². The van der Waals surface area contributed by atoms with Gasteiger partial charge in [0.15, 0.2) is 0 Å². The molecule has 0 spiro atoms. The molecule has 2 aromatic rings. The van der Waals surface area contributed by atoms with Crippen molar-refractivity contribution in [3.8, 4) is 5.75 Å². The Bertz CT molecular complexity index is 695. The molecule has 1 aliphatic rings. The Balaban J connectivity index is 1.68. The zero-order chi connectivity index (χ0) is 17.8. The molecular weight excluding hydrogens is 314 g/mol. The van der Waals surface area contributed by atoms with Crippen LogP contribution in [0.4, 0.5) is 0 Å². The van der Waals surface area contributed by atoms with E-state index in [1.807, 2.05) is 54.6 Å². The average molecular weight is 339 g/mol. The van der Waals surface area contributed by atoms with E-state index in [4.69, 9.17) is 4.74 Å². The van der Waals surface area contributed by atoms with Crippen LogP contribution in [0.25, 0.3) is 0 Å². The van der Waals surface area contributed by atoms with Gasteiger partial charge in [-0.05, 0) is 42.0 Å². The maximum absolute atomic E-state index is 13.0. The highest BCUT2D eigenvalue weighted by molar-refractivity contribution is 5.84. The maximum atomic E-state index is 13.0. The molecule has 4 heteroatoms. The summed E-state index contributed by atoms with van der Waals surface area (Å²) in [5.41, 5.74) is 1.85. The molecule has 2 aromatic carbocycles. The number of ether oxygens (including phenoxy) is 1. The third-order valence-electron chi connectivity index (χ3n) is 4.84. The van der Waals surface area contributed by atoms with Gasteiger partial charge in [0.1, 0.15) is 5.75 Å². The molecule has 1 fully saturated rings. The molecule has 0 aromatic heterocycles. The molecule has 25 heavy (non-hydrogen) atoms. The van der Waals surface area contributed by atoms with Crippen molar-refractivity contribution in [3.63, 3.8) is 0 Å². The third kappa shape index (κ3) is 4.20. The highest BCUT2D eigenvalue weighted by Crippen LogP contribution is 2.43. The van der Waals surface area contributed by atoms with Crippen LogP contribution in [0.5, 0.6) is 5.75 Å². The first kappa shape index (κ1) is 17.5. The summed E-state index contributed by atoms with van der Waals surface area (Å²) >= 11 is 0. The first-order valence-electron chi connectivity index (χ1n) is 8.72. The van der Waals surface area contributed by atoms with Gasteiger partial charge >= 0.3 is 0 Å². The lowest BCUT2D eigenvalue weighted by atomic mass is 9.92. The number of carbonyl (C=O) groups is 1. The highest BCUT2D eigenvalue weighted by atomic mass is 16.5. The largest absolute Gasteiger partial charge is 0.497 e. The number of hydrogen-bond donors (Lipinski definition) is 1. The van der Waals surface area contributed by atoms with Crippen molar-refractivity contribution in [1.29, 1.82) is 0 Å². The summed E-state index contributed by atoms with van der Waals surface area (Å²) in [6, 6.07) is 17.3. The SMILES string of the molecule is COc1ccc(C(O)CN(C)C(=O)C(c2ccccc2)C2CC2)cc1. The number of methoxy groups -OCH3 is 1. The second kappa shape index (κ2) is 7.70. The molecule has 2 atom stereocenters. The zero-order valence-corrected chi connectivity index (χ0v) is 14.8. The van der Waals surface area contributed by atoms with E-state index < -0.39 is 6.10 Å². The number of carbonyl (C=O) groups excluding carboxylic acids is 1. The van der Waals surface area contributed by atoms with Crippen molar-refractivity contribution < 1.29 is 14.6 Å². The van der Waals surface area contributed by atoms with Gasteiger partial charge in [-0.2, -0.15) is 0 Å². The van der Waals surface area contributed by atoms with Gasteiger partial charge in [-0.3, -0.25) is 4.79 Å². The second-order valence-electron chi connectivity index (χ2n) is 6.73. The van der Waals surface area contributed by atoms with E-state index in [2.05, 4.69) is 0 Å². The van der Waals surface area contributed by atoms with Crippen LogP contribution in [0.3, 0.4) is 0 Å². The lowest BCUT2D eigenvalue weighted by Gasteiger charge is -2.26. The minimum Gasteiger partial charge on any atom is -0.497 e. The summed E-state index contributed by atoms with van der Waals surface area (Å²) in [6.45, 7) is 0.279. The summed E-state index contributed by atoms with van der Waals surface area (Å²) in [4.78, 5) is 14.6. The summed E-state index contributed by atoms with van der Waals surface area (Å²) < 4.78 is 5.14. The van der Waals surface area contributed by atoms with Crippen molar-refractivity contribution in [2.45, 2.75) is 24.9 Å². The zero-order valence-electron chi connectivity index (χ0n) is 14.8. The molecule has 1 aliphatic carbocycles. The predicted molar refractivity (Wildman–Crippen MR) is 97.5 cm³/mol. The first-order chi connectivity index (χ1) is 12.1. The number of rotatable bonds is 7. The first-order valence-corrected chi connectivity index (χ1v) is 8.72. The molecule has 4 nitrogen and oxygen atoms in total. The quantitative estimate of drug-likeness (QED) is 0.841. The number of amides is 1. The summed E-state index contributed by atoms with van der Waals surface area (Å²) in [7, 11) is 3.38. The van der Waals surface area contributed by atoms with Crippen LogP contribution >= 0.6 is 0 Å². The van der Waals surface area contributed by atoms with Gasteiger partial charge in [0.2, 0.25) is 5.91 Å². The predicted octanol–water partition coefficient (Wildman–Crippen LogP) is 3.38. The Morgan fingerprint density at radius 2 is 1.76 bits per heavy atom. The normalized spacial score (nSPS) is 16.1. The number of aliphatic hydroxyl groups excluding tert-OH is 1. The lowest BCUT2D eigenvalue weighted by molar-refractivity contribution is -0.133. The summed E-state index contributed by atoms with van der Waals surface area (Å²) in [5, 5.41) is 10.5. The van der Waals surface area contributed by atoms with Crippen molar-refractivity contribution in [1.82, 2.24) is 4.90 Å². The molecule has 3 rings (SSSR count). The molecular formula is C21H25NO3. The molecule has 0 aliphatic heterocycles. The van der Waals surface area contributed by atoms with Crippen molar-refractivity contribution >= 4 is 5.91 Å². The number of aliphatic hydroxyl groups is 1. The second-order valence-corrected chi connectivity index (χ2v) is 6.73. The van der Waals surface area contributed by atoms with Gasteiger partial charge in [0.25, 0.3) is 0 Å². The van der Waals surface area contributed by atoms with Crippen LogP contribution in [0.15, 0.2) is 54.6 Å². The Kier molecular flexibility index (Phi) is 5.39. The lowest BCUT2D eigenvalue weighted by Crippen LogP contribution is -2.35. The van der Waals surface area contributed by atoms with Crippen LogP contribution < -0.4 is 4.74 Å². The van der Waals surface area contributed by atoms with E-state index in [0.29, 0.717) is 5.92 Å². The standard InChI is InChI=1S/C21H25NO3/c1-22(14-19(23)15-10-12-18(25-2)13-11-15)21(24)20(17-8-9-17)16-6-4-3-5-7-16/h3-7,10-13,17,19-20,23H,8-9,14H2,1-2H3. The van der Waals surface area contributed by atoms with E-state index in [-0.39, 0.29) is 18.4 Å². The van der Waals surface area contributed by atoms with Crippen LogP contribution in [0.1, 0.15) is 36.0 Å². The molecule has 1 N–H and O–H groups in total. The fourth-order valence-corrected chi connectivity index (χ4v) is 3.22. The monoisotopic (exact) mass is 339 g/mol. The minimum atomic E-state index is -0.713. The Labute approximate surface area is 149 Å². The molecule has 0 bridgehead atoms. The van der Waals surface area contributed by atoms with Gasteiger partial charge in [-0.25, -0.2) is 0 Å². The van der Waals surface area contributed by atoms with Gasteiger partial charge in [0.05, 0.1) is 25.7 Å². The van der Waals surface area contributed by atoms with E-state index in [0.717, 1.165) is 29.7 Å². The molecule has 2 unspecified atom stereocenters. The fourth-order valence-electron chi connectivity index (χ4n) is 3.22. The van der Waals surface area contributed by atoms with Crippen LogP contribution in [0.2, 0.25) is 0 Å². The molecule has 1 saturated carbocycles. The van der Waals surface area contributed by atoms with Gasteiger partial charge < -0.3 is 14.7 Å². The highest BCUT2D eigenvalue weighted by Gasteiger charge is 2.38. The average Bonchev–Trinajstić information content (AvgIpc) is 3.47. The van der Waals surface area contributed by atoms with Gasteiger partial charge in [-0.15, -0.1) is 0 Å². The van der Waals surface area contributed by atoms with E-state index in [1.165, 1.54) is 0 Å². The Morgan fingerprint density at radius 1 is 1.12 bits per heavy atom. The molecule has 0 saturated heterocycles. The number of nitrogens with zero attached hydrogens (tertiary/aromatic N) is 1. The Morgan fingerprint density at radius 3 is 2.32 bits per heavy atom. The smallest absolute Gasteiger partial charge is 0.230 e. The van der Waals surface area contributed by atoms with Crippen molar-refractivity contribution in [3.05, 3.63) is 65.7 Å². The Hall–Kier alpha value is -2.33. The molecule has 1 amide bonds. The van der Waals surface area contributed by atoms with Crippen molar-refractivity contribution in [2.24, 2.45) is 5.92 Å². The molecule has 132 valence electrons. The number of benzene rings is 2. The molecule has 0 radical (unpaired) electrons. The molecule has 0 heterocycles. The maximum Gasteiger partial charge on any atom is 0.230 e. The van der Waals surface area contributed by atoms with E-state index >= 15 is 0 Å². The summed E-state index contributed by atoms with van der Waals surface area (Å²) in [6.07, 6.45) is 1.48. The van der Waals surface area contributed by atoms with Crippen LogP contribution in [-0.4, -0.2) is 36.6 Å².